The van der Waals surface area contributed by atoms with Gasteiger partial charge >= 0.3 is 5.97 Å². The first-order chi connectivity index (χ1) is 14.0. The topological polar surface area (TPSA) is 101 Å². The van der Waals surface area contributed by atoms with Crippen molar-refractivity contribution in [3.05, 3.63) is 50.6 Å². The molecule has 2 aromatic heterocycles. The van der Waals surface area contributed by atoms with Crippen molar-refractivity contribution in [2.24, 2.45) is 0 Å². The molecule has 0 aliphatic heterocycles. The second-order valence-corrected chi connectivity index (χ2v) is 8.72. The Morgan fingerprint density at radius 1 is 1.24 bits per heavy atom. The molecule has 0 bridgehead atoms. The van der Waals surface area contributed by atoms with Crippen LogP contribution in [0.1, 0.15) is 33.6 Å². The maximum atomic E-state index is 12.5. The Morgan fingerprint density at radius 3 is 2.76 bits per heavy atom. The molecule has 7 nitrogen and oxygen atoms in total. The first-order valence-electron chi connectivity index (χ1n) is 9.21. The number of thioether (sulfide) groups is 1. The fraction of sp³-hybridized carbons (Fsp3) is 0.300. The van der Waals surface area contributed by atoms with Gasteiger partial charge in [0.15, 0.2) is 5.16 Å². The van der Waals surface area contributed by atoms with Gasteiger partial charge in [0.1, 0.15) is 4.83 Å². The van der Waals surface area contributed by atoms with Gasteiger partial charge in [0.05, 0.1) is 23.8 Å². The lowest BCUT2D eigenvalue weighted by molar-refractivity contribution is -0.113. The largest absolute Gasteiger partial charge is 0.465 e. The van der Waals surface area contributed by atoms with Crippen molar-refractivity contribution in [1.82, 2.24) is 9.97 Å². The van der Waals surface area contributed by atoms with Crippen LogP contribution >= 0.6 is 23.1 Å². The third-order valence-corrected chi connectivity index (χ3v) is 6.79. The summed E-state index contributed by atoms with van der Waals surface area (Å²) >= 11 is 2.78. The Balaban J connectivity index is 1.42. The van der Waals surface area contributed by atoms with Crippen molar-refractivity contribution in [3.63, 3.8) is 0 Å². The van der Waals surface area contributed by atoms with Crippen molar-refractivity contribution in [3.8, 4) is 0 Å². The number of carbonyl (C=O) groups excluding carboxylic acids is 2. The van der Waals surface area contributed by atoms with Gasteiger partial charge in [-0.3, -0.25) is 9.59 Å². The van der Waals surface area contributed by atoms with Crippen LogP contribution in [-0.2, 0) is 22.4 Å². The summed E-state index contributed by atoms with van der Waals surface area (Å²) in [7, 11) is 1.32. The number of rotatable bonds is 5. The minimum absolute atomic E-state index is 0.109. The molecule has 0 spiro atoms. The van der Waals surface area contributed by atoms with E-state index in [4.69, 9.17) is 0 Å². The number of thiophene rings is 1. The van der Waals surface area contributed by atoms with Crippen LogP contribution in [0.3, 0.4) is 0 Å². The SMILES string of the molecule is COC(=O)c1ccc(NC(=O)CSc2nc3sc4c(c3c(=O)[nH]2)CCCC4)cc1. The quantitative estimate of drug-likeness (QED) is 0.366. The molecule has 9 heteroatoms. The number of H-pyrrole nitrogens is 1. The zero-order valence-electron chi connectivity index (χ0n) is 15.7. The van der Waals surface area contributed by atoms with E-state index in [1.54, 1.807) is 35.6 Å². The number of ether oxygens (including phenoxy) is 1. The molecule has 0 unspecified atom stereocenters. The van der Waals surface area contributed by atoms with Crippen molar-refractivity contribution in [1.29, 1.82) is 0 Å². The number of aryl methyl sites for hydroxylation is 2. The van der Waals surface area contributed by atoms with E-state index in [0.717, 1.165) is 36.1 Å². The van der Waals surface area contributed by atoms with Gasteiger partial charge in [-0.25, -0.2) is 9.78 Å². The molecule has 1 aromatic carbocycles. The average Bonchev–Trinajstić information content (AvgIpc) is 3.11. The van der Waals surface area contributed by atoms with Crippen molar-refractivity contribution < 1.29 is 14.3 Å². The fourth-order valence-corrected chi connectivity index (χ4v) is 5.33. The fourth-order valence-electron chi connectivity index (χ4n) is 3.35. The number of benzene rings is 1. The third kappa shape index (κ3) is 4.20. The maximum Gasteiger partial charge on any atom is 0.337 e. The number of nitrogens with zero attached hydrogens (tertiary/aromatic N) is 1. The molecule has 1 aliphatic rings. The average molecular weight is 430 g/mol. The van der Waals surface area contributed by atoms with Crippen molar-refractivity contribution >= 4 is 50.9 Å². The van der Waals surface area contributed by atoms with Gasteiger partial charge in [-0.05, 0) is 55.5 Å². The Labute approximate surface area is 174 Å². The van der Waals surface area contributed by atoms with Gasteiger partial charge in [-0.15, -0.1) is 11.3 Å². The molecule has 0 radical (unpaired) electrons. The number of carbonyl (C=O) groups is 2. The highest BCUT2D eigenvalue weighted by Crippen LogP contribution is 2.34. The molecule has 1 amide bonds. The Kier molecular flexibility index (Phi) is 5.68. The highest BCUT2D eigenvalue weighted by atomic mass is 32.2. The number of nitrogens with one attached hydrogen (secondary N) is 2. The number of amides is 1. The second-order valence-electron chi connectivity index (χ2n) is 6.67. The summed E-state index contributed by atoms with van der Waals surface area (Å²) in [5, 5.41) is 3.91. The molecule has 4 rings (SSSR count). The second kappa shape index (κ2) is 8.38. The predicted molar refractivity (Wildman–Crippen MR) is 114 cm³/mol. The minimum atomic E-state index is -0.431. The Bertz CT molecular complexity index is 1140. The number of hydrogen-bond acceptors (Lipinski definition) is 7. The number of aromatic nitrogens is 2. The number of hydrogen-bond donors (Lipinski definition) is 2. The van der Waals surface area contributed by atoms with E-state index < -0.39 is 5.97 Å². The normalized spacial score (nSPS) is 13.1. The van der Waals surface area contributed by atoms with E-state index in [9.17, 15) is 14.4 Å². The first kappa shape index (κ1) is 19.7. The van der Waals surface area contributed by atoms with Crippen LogP contribution in [0.25, 0.3) is 10.2 Å². The monoisotopic (exact) mass is 429 g/mol. The molecule has 150 valence electrons. The summed E-state index contributed by atoms with van der Waals surface area (Å²) in [5.74, 6) is -0.550. The molecule has 1 aliphatic carbocycles. The minimum Gasteiger partial charge on any atom is -0.465 e. The number of methoxy groups -OCH3 is 1. The zero-order chi connectivity index (χ0) is 20.4. The number of fused-ring (bicyclic) bond motifs is 3. The molecule has 0 saturated carbocycles. The smallest absolute Gasteiger partial charge is 0.337 e. The molecular formula is C20H19N3O4S2. The lowest BCUT2D eigenvalue weighted by Gasteiger charge is -2.09. The van der Waals surface area contributed by atoms with Gasteiger partial charge in [0, 0.05) is 10.6 Å². The van der Waals surface area contributed by atoms with E-state index >= 15 is 0 Å². The van der Waals surface area contributed by atoms with Gasteiger partial charge in [0.25, 0.3) is 5.56 Å². The van der Waals surface area contributed by atoms with Gasteiger partial charge in [-0.2, -0.15) is 0 Å². The molecule has 0 saturated heterocycles. The summed E-state index contributed by atoms with van der Waals surface area (Å²) in [6.07, 6.45) is 4.20. The van der Waals surface area contributed by atoms with Gasteiger partial charge in [-0.1, -0.05) is 11.8 Å². The molecule has 2 N–H and O–H groups in total. The highest BCUT2D eigenvalue weighted by Gasteiger charge is 2.20. The van der Waals surface area contributed by atoms with Crippen LogP contribution in [0.2, 0.25) is 0 Å². The van der Waals surface area contributed by atoms with E-state index in [2.05, 4.69) is 20.0 Å². The third-order valence-electron chi connectivity index (χ3n) is 4.73. The molecule has 0 atom stereocenters. The number of esters is 1. The summed E-state index contributed by atoms with van der Waals surface area (Å²) in [6.45, 7) is 0. The lowest BCUT2D eigenvalue weighted by atomic mass is 9.97. The molecular weight excluding hydrogens is 410 g/mol. The Hall–Kier alpha value is -2.65. The predicted octanol–water partition coefficient (Wildman–Crippen LogP) is 3.38. The van der Waals surface area contributed by atoms with Gasteiger partial charge < -0.3 is 15.0 Å². The Morgan fingerprint density at radius 2 is 2.00 bits per heavy atom. The van der Waals surface area contributed by atoms with Gasteiger partial charge in [0.2, 0.25) is 5.91 Å². The number of anilines is 1. The summed E-state index contributed by atoms with van der Waals surface area (Å²) in [6, 6.07) is 6.44. The summed E-state index contributed by atoms with van der Waals surface area (Å²) < 4.78 is 4.65. The van der Waals surface area contributed by atoms with Crippen molar-refractivity contribution in [2.45, 2.75) is 30.8 Å². The van der Waals surface area contributed by atoms with E-state index in [-0.39, 0.29) is 17.2 Å². The van der Waals surface area contributed by atoms with E-state index in [1.807, 2.05) is 0 Å². The number of aromatic amines is 1. The van der Waals surface area contributed by atoms with Crippen LogP contribution in [0.15, 0.2) is 34.2 Å². The molecule has 29 heavy (non-hydrogen) atoms. The van der Waals surface area contributed by atoms with Crippen LogP contribution in [0.4, 0.5) is 5.69 Å². The van der Waals surface area contributed by atoms with Crippen LogP contribution < -0.4 is 10.9 Å². The van der Waals surface area contributed by atoms with E-state index in [1.165, 1.54) is 23.7 Å². The lowest BCUT2D eigenvalue weighted by Crippen LogP contribution is -2.16. The molecule has 2 heterocycles. The van der Waals surface area contributed by atoms with Crippen LogP contribution in [0, 0.1) is 0 Å². The van der Waals surface area contributed by atoms with Crippen LogP contribution in [0.5, 0.6) is 0 Å². The standard InChI is InChI=1S/C20H19N3O4S2/c1-27-19(26)11-6-8-12(9-7-11)21-15(24)10-28-20-22-17(25)16-13-4-2-3-5-14(13)29-18(16)23-20/h6-9H,2-5,10H2,1H3,(H,21,24)(H,22,23,25). The van der Waals surface area contributed by atoms with E-state index in [0.29, 0.717) is 21.8 Å². The highest BCUT2D eigenvalue weighted by molar-refractivity contribution is 7.99. The first-order valence-corrected chi connectivity index (χ1v) is 11.0. The van der Waals surface area contributed by atoms with Crippen molar-refractivity contribution in [2.75, 3.05) is 18.2 Å². The zero-order valence-corrected chi connectivity index (χ0v) is 17.4. The summed E-state index contributed by atoms with van der Waals surface area (Å²) in [5.41, 5.74) is 2.00. The molecule has 0 fully saturated rings. The maximum absolute atomic E-state index is 12.5. The van der Waals surface area contributed by atoms with Crippen LogP contribution in [-0.4, -0.2) is 34.7 Å². The molecule has 3 aromatic rings. The summed E-state index contributed by atoms with van der Waals surface area (Å²) in [4.78, 5) is 45.6.